The van der Waals surface area contributed by atoms with Crippen LogP contribution in [0.2, 0.25) is 0 Å². The van der Waals surface area contributed by atoms with Gasteiger partial charge >= 0.3 is 5.91 Å². The first kappa shape index (κ1) is 18.5. The van der Waals surface area contributed by atoms with Crippen LogP contribution in [0.15, 0.2) is 64.7 Å². The monoisotopic (exact) mass is 396 g/mol. The fourth-order valence-electron chi connectivity index (χ4n) is 3.29. The molecule has 1 N–H and O–H groups in total. The van der Waals surface area contributed by atoms with Gasteiger partial charge in [-0.2, -0.15) is 0 Å². The van der Waals surface area contributed by atoms with Gasteiger partial charge in [-0.1, -0.05) is 23.4 Å². The average Bonchev–Trinajstić information content (AvgIpc) is 3.23. The molecule has 0 spiro atoms. The Hall–Kier alpha value is -3.81. The molecule has 0 aliphatic carbocycles. The highest BCUT2D eigenvalue weighted by atomic mass is 19.1. The predicted molar refractivity (Wildman–Crippen MR) is 98.8 cm³/mol. The molecule has 6 nitrogen and oxygen atoms in total. The SMILES string of the molecule is Cc1cc(N2C(=O)C(=O)C(=C(O)c3ccc(F)cc3)[C@@H]2c2ccccc2F)no1. The first-order valence-electron chi connectivity index (χ1n) is 8.63. The summed E-state index contributed by atoms with van der Waals surface area (Å²) in [5.41, 5.74) is -0.217. The Labute approximate surface area is 163 Å². The maximum Gasteiger partial charge on any atom is 0.301 e. The molecular weight excluding hydrogens is 382 g/mol. The van der Waals surface area contributed by atoms with Gasteiger partial charge < -0.3 is 9.63 Å². The van der Waals surface area contributed by atoms with E-state index in [0.29, 0.717) is 5.76 Å². The van der Waals surface area contributed by atoms with Crippen molar-refractivity contribution in [2.45, 2.75) is 13.0 Å². The average molecular weight is 396 g/mol. The molecule has 1 saturated heterocycles. The smallest absolute Gasteiger partial charge is 0.301 e. The third-order valence-corrected chi connectivity index (χ3v) is 4.62. The molecule has 0 bridgehead atoms. The summed E-state index contributed by atoms with van der Waals surface area (Å²) < 4.78 is 32.9. The van der Waals surface area contributed by atoms with E-state index in [-0.39, 0.29) is 22.5 Å². The summed E-state index contributed by atoms with van der Waals surface area (Å²) in [7, 11) is 0. The van der Waals surface area contributed by atoms with Crippen LogP contribution in [0.3, 0.4) is 0 Å². The topological polar surface area (TPSA) is 83.6 Å². The zero-order chi connectivity index (χ0) is 20.7. The van der Waals surface area contributed by atoms with E-state index >= 15 is 0 Å². The van der Waals surface area contributed by atoms with Gasteiger partial charge in [0.2, 0.25) is 0 Å². The molecule has 0 unspecified atom stereocenters. The summed E-state index contributed by atoms with van der Waals surface area (Å²) in [5, 5.41) is 14.6. The predicted octanol–water partition coefficient (Wildman–Crippen LogP) is 3.89. The zero-order valence-electron chi connectivity index (χ0n) is 15.1. The fraction of sp³-hybridized carbons (Fsp3) is 0.0952. The number of hydrogen-bond acceptors (Lipinski definition) is 5. The summed E-state index contributed by atoms with van der Waals surface area (Å²) in [6.45, 7) is 1.60. The lowest BCUT2D eigenvalue weighted by molar-refractivity contribution is -0.132. The third kappa shape index (κ3) is 3.08. The minimum absolute atomic E-state index is 0.00369. The van der Waals surface area contributed by atoms with Gasteiger partial charge in [-0.15, -0.1) is 0 Å². The number of ketones is 1. The molecule has 1 aliphatic heterocycles. The molecule has 1 fully saturated rings. The second-order valence-electron chi connectivity index (χ2n) is 6.49. The Bertz CT molecular complexity index is 1150. The molecule has 0 saturated carbocycles. The van der Waals surface area contributed by atoms with Crippen LogP contribution in [0.4, 0.5) is 14.6 Å². The quantitative estimate of drug-likeness (QED) is 0.413. The fourth-order valence-corrected chi connectivity index (χ4v) is 3.29. The maximum absolute atomic E-state index is 14.6. The number of hydrogen-bond donors (Lipinski definition) is 1. The molecule has 1 aromatic heterocycles. The summed E-state index contributed by atoms with van der Waals surface area (Å²) in [5.74, 6) is -3.36. The van der Waals surface area contributed by atoms with E-state index in [4.69, 9.17) is 4.52 Å². The number of aryl methyl sites for hydroxylation is 1. The van der Waals surface area contributed by atoms with E-state index in [1.165, 1.54) is 36.4 Å². The van der Waals surface area contributed by atoms with E-state index in [9.17, 15) is 23.5 Å². The number of benzene rings is 2. The summed E-state index contributed by atoms with van der Waals surface area (Å²) in [4.78, 5) is 26.6. The number of amides is 1. The number of halogens is 2. The molecule has 1 aliphatic rings. The summed E-state index contributed by atoms with van der Waals surface area (Å²) >= 11 is 0. The Morgan fingerprint density at radius 3 is 2.41 bits per heavy atom. The molecule has 2 aromatic carbocycles. The van der Waals surface area contributed by atoms with Crippen LogP contribution in [0.5, 0.6) is 0 Å². The minimum atomic E-state index is -1.27. The Morgan fingerprint density at radius 2 is 1.79 bits per heavy atom. The van der Waals surface area contributed by atoms with Gasteiger partial charge in [0.25, 0.3) is 5.78 Å². The van der Waals surface area contributed by atoms with Crippen LogP contribution in [0.1, 0.15) is 22.9 Å². The highest BCUT2D eigenvalue weighted by molar-refractivity contribution is 6.51. The lowest BCUT2D eigenvalue weighted by Gasteiger charge is -2.23. The minimum Gasteiger partial charge on any atom is -0.507 e. The first-order chi connectivity index (χ1) is 13.9. The van der Waals surface area contributed by atoms with Crippen LogP contribution < -0.4 is 4.90 Å². The van der Waals surface area contributed by atoms with Crippen LogP contribution in [-0.4, -0.2) is 22.0 Å². The Morgan fingerprint density at radius 1 is 1.10 bits per heavy atom. The van der Waals surface area contributed by atoms with Crippen LogP contribution in [-0.2, 0) is 9.59 Å². The number of anilines is 1. The van der Waals surface area contributed by atoms with Gasteiger partial charge in [0.1, 0.15) is 23.2 Å². The van der Waals surface area contributed by atoms with Crippen molar-refractivity contribution < 1.29 is 28.0 Å². The van der Waals surface area contributed by atoms with Gasteiger partial charge in [0.15, 0.2) is 5.82 Å². The molecule has 0 radical (unpaired) electrons. The van der Waals surface area contributed by atoms with Gasteiger partial charge in [-0.25, -0.2) is 8.78 Å². The number of aliphatic hydroxyl groups is 1. The van der Waals surface area contributed by atoms with E-state index < -0.39 is 35.1 Å². The molecule has 3 aromatic rings. The lowest BCUT2D eigenvalue weighted by atomic mass is 9.95. The third-order valence-electron chi connectivity index (χ3n) is 4.62. The van der Waals surface area contributed by atoms with Crippen molar-refractivity contribution in [1.82, 2.24) is 5.16 Å². The largest absolute Gasteiger partial charge is 0.507 e. The number of aromatic nitrogens is 1. The maximum atomic E-state index is 14.6. The van der Waals surface area contributed by atoms with E-state index in [1.54, 1.807) is 13.0 Å². The molecule has 29 heavy (non-hydrogen) atoms. The van der Waals surface area contributed by atoms with Gasteiger partial charge in [-0.05, 0) is 37.3 Å². The Kier molecular flexibility index (Phi) is 4.46. The second kappa shape index (κ2) is 6.97. The van der Waals surface area contributed by atoms with Crippen molar-refractivity contribution in [3.8, 4) is 0 Å². The number of aliphatic hydroxyl groups excluding tert-OH is 1. The normalized spacial score (nSPS) is 18.4. The van der Waals surface area contributed by atoms with Crippen LogP contribution in [0, 0.1) is 18.6 Å². The van der Waals surface area contributed by atoms with Gasteiger partial charge in [-0.3, -0.25) is 14.5 Å². The number of nitrogens with zero attached hydrogens (tertiary/aromatic N) is 2. The van der Waals surface area contributed by atoms with Crippen molar-refractivity contribution in [3.63, 3.8) is 0 Å². The Balaban J connectivity index is 1.97. The van der Waals surface area contributed by atoms with E-state index in [2.05, 4.69) is 5.16 Å². The number of carbonyl (C=O) groups is 2. The molecular formula is C21H14F2N2O4. The molecule has 1 atom stereocenters. The van der Waals surface area contributed by atoms with Crippen molar-refractivity contribution >= 4 is 23.3 Å². The van der Waals surface area contributed by atoms with Crippen molar-refractivity contribution in [3.05, 3.63) is 88.7 Å². The molecule has 4 rings (SSSR count). The molecule has 8 heteroatoms. The van der Waals surface area contributed by atoms with Crippen LogP contribution >= 0.6 is 0 Å². The molecule has 1 amide bonds. The van der Waals surface area contributed by atoms with Crippen LogP contribution in [0.25, 0.3) is 5.76 Å². The second-order valence-corrected chi connectivity index (χ2v) is 6.49. The van der Waals surface area contributed by atoms with Gasteiger partial charge in [0, 0.05) is 17.2 Å². The highest BCUT2D eigenvalue weighted by Crippen LogP contribution is 2.42. The zero-order valence-corrected chi connectivity index (χ0v) is 15.1. The highest BCUT2D eigenvalue weighted by Gasteiger charge is 2.48. The lowest BCUT2D eigenvalue weighted by Crippen LogP contribution is -2.30. The van der Waals surface area contributed by atoms with Crippen molar-refractivity contribution in [1.29, 1.82) is 0 Å². The van der Waals surface area contributed by atoms with E-state index in [1.807, 2.05) is 0 Å². The molecule has 2 heterocycles. The number of rotatable bonds is 3. The van der Waals surface area contributed by atoms with E-state index in [0.717, 1.165) is 17.0 Å². The molecule has 146 valence electrons. The standard InChI is InChI=1S/C21H14F2N2O4/c1-11-10-16(24-29-11)25-18(14-4-2-3-5-15(14)23)17(20(27)21(25)28)19(26)12-6-8-13(22)9-7-12/h2-10,18,26H,1H3/t18-/m0/s1. The first-order valence-corrected chi connectivity index (χ1v) is 8.63. The number of carbonyl (C=O) groups excluding carboxylic acids is 2. The van der Waals surface area contributed by atoms with Crippen molar-refractivity contribution in [2.24, 2.45) is 0 Å². The number of Topliss-reactive ketones (excluding diaryl/α,β-unsaturated/α-hetero) is 1. The van der Waals surface area contributed by atoms with Gasteiger partial charge in [0.05, 0.1) is 11.6 Å². The summed E-state index contributed by atoms with van der Waals surface area (Å²) in [6.07, 6.45) is 0. The van der Waals surface area contributed by atoms with Crippen molar-refractivity contribution in [2.75, 3.05) is 4.90 Å². The summed E-state index contributed by atoms with van der Waals surface area (Å²) in [6, 6.07) is 10.5.